The third-order valence-corrected chi connectivity index (χ3v) is 6.58. The van der Waals surface area contributed by atoms with Crippen molar-refractivity contribution in [2.24, 2.45) is 5.92 Å². The minimum atomic E-state index is 0. The molecule has 0 unspecified atom stereocenters. The van der Waals surface area contributed by atoms with Crippen molar-refractivity contribution in [3.05, 3.63) is 29.3 Å². The number of piperidine rings is 2. The Hall–Kier alpha value is -0.780. The average Bonchev–Trinajstić information content (AvgIpc) is 2.64. The summed E-state index contributed by atoms with van der Waals surface area (Å²) in [5.74, 6) is 1.84. The van der Waals surface area contributed by atoms with Crippen molar-refractivity contribution in [1.82, 2.24) is 9.80 Å². The fourth-order valence-corrected chi connectivity index (χ4v) is 5.27. The van der Waals surface area contributed by atoms with Crippen molar-refractivity contribution < 1.29 is 9.53 Å². The molecule has 3 heterocycles. The van der Waals surface area contributed by atoms with E-state index in [2.05, 4.69) is 43.9 Å². The van der Waals surface area contributed by atoms with E-state index in [1.165, 1.54) is 17.5 Å². The summed E-state index contributed by atoms with van der Waals surface area (Å²) in [6.07, 6.45) is 4.58. The van der Waals surface area contributed by atoms with Crippen LogP contribution in [0.5, 0.6) is 5.75 Å². The number of carbonyl (C=O) groups excluding carboxylic acids is 1. The van der Waals surface area contributed by atoms with Crippen LogP contribution in [0.4, 0.5) is 0 Å². The summed E-state index contributed by atoms with van der Waals surface area (Å²) in [5, 5.41) is 0.443. The minimum absolute atomic E-state index is 0. The normalized spacial score (nSPS) is 28.2. The van der Waals surface area contributed by atoms with Gasteiger partial charge in [0.25, 0.3) is 0 Å². The van der Waals surface area contributed by atoms with Gasteiger partial charge in [0.15, 0.2) is 0 Å². The van der Waals surface area contributed by atoms with Gasteiger partial charge in [-0.05, 0) is 54.9 Å². The summed E-state index contributed by atoms with van der Waals surface area (Å²) in [4.78, 5) is 17.2. The lowest BCUT2D eigenvalue weighted by atomic mass is 9.76. The second kappa shape index (κ2) is 7.85. The fraction of sp³-hybridized carbons (Fsp3) is 0.632. The van der Waals surface area contributed by atoms with Gasteiger partial charge in [-0.3, -0.25) is 9.69 Å². The van der Waals surface area contributed by atoms with Gasteiger partial charge >= 0.3 is 0 Å². The van der Waals surface area contributed by atoms with Crippen LogP contribution in [0.25, 0.3) is 0 Å². The number of methoxy groups -OCH3 is 1. The number of likely N-dealkylation sites (tertiary alicyclic amines) is 1. The van der Waals surface area contributed by atoms with Crippen LogP contribution in [0, 0.1) is 5.92 Å². The molecule has 1 amide bonds. The standard InChI is InChI=1S/C19H25BrN2O2.ClH/c1-24-15-4-5-16-13(9-15)6-8-21-12-14-3-2-7-22(19(23)11-20)17(14)10-18(16)21;/h4-5,9,14,17-18H,2-3,6-8,10-12H2,1H3;1H/t14-,17+,18+;/m1./s1. The highest BCUT2D eigenvalue weighted by atomic mass is 79.9. The molecule has 1 aromatic rings. The molecule has 0 aliphatic carbocycles. The smallest absolute Gasteiger partial charge is 0.233 e. The van der Waals surface area contributed by atoms with Crippen LogP contribution < -0.4 is 4.74 Å². The van der Waals surface area contributed by atoms with Gasteiger partial charge in [-0.25, -0.2) is 0 Å². The predicted molar refractivity (Wildman–Crippen MR) is 105 cm³/mol. The van der Waals surface area contributed by atoms with E-state index in [1.54, 1.807) is 7.11 Å². The second-order valence-electron chi connectivity index (χ2n) is 7.25. The summed E-state index contributed by atoms with van der Waals surface area (Å²) < 4.78 is 5.39. The molecule has 25 heavy (non-hydrogen) atoms. The number of ether oxygens (including phenoxy) is 1. The molecule has 6 heteroatoms. The van der Waals surface area contributed by atoms with Crippen LogP contribution in [0.1, 0.15) is 36.4 Å². The molecule has 1 aromatic carbocycles. The number of nitrogens with zero attached hydrogens (tertiary/aromatic N) is 2. The van der Waals surface area contributed by atoms with Gasteiger partial charge in [0.2, 0.25) is 5.91 Å². The zero-order valence-corrected chi connectivity index (χ0v) is 17.0. The number of amides is 1. The van der Waals surface area contributed by atoms with Crippen LogP contribution in [0.2, 0.25) is 0 Å². The number of halogens is 2. The van der Waals surface area contributed by atoms with E-state index in [0.717, 1.165) is 44.6 Å². The summed E-state index contributed by atoms with van der Waals surface area (Å²) in [5.41, 5.74) is 2.86. The first-order valence-corrected chi connectivity index (χ1v) is 10.1. The maximum Gasteiger partial charge on any atom is 0.233 e. The first-order chi connectivity index (χ1) is 11.7. The maximum absolute atomic E-state index is 12.4. The van der Waals surface area contributed by atoms with Crippen molar-refractivity contribution in [2.75, 3.05) is 32.1 Å². The molecule has 0 N–H and O–H groups in total. The van der Waals surface area contributed by atoms with E-state index >= 15 is 0 Å². The Balaban J connectivity index is 0.00000182. The molecule has 0 radical (unpaired) electrons. The molecule has 4 rings (SSSR count). The number of benzene rings is 1. The molecule has 0 spiro atoms. The molecule has 138 valence electrons. The molecule has 2 fully saturated rings. The van der Waals surface area contributed by atoms with Crippen molar-refractivity contribution in [1.29, 1.82) is 0 Å². The second-order valence-corrected chi connectivity index (χ2v) is 7.81. The molecular weight excluding hydrogens is 404 g/mol. The van der Waals surface area contributed by atoms with Gasteiger partial charge in [-0.1, -0.05) is 22.0 Å². The predicted octanol–water partition coefficient (Wildman–Crippen LogP) is 3.42. The Kier molecular flexibility index (Phi) is 5.96. The Morgan fingerprint density at radius 2 is 2.20 bits per heavy atom. The first kappa shape index (κ1) is 19.0. The highest BCUT2D eigenvalue weighted by Gasteiger charge is 2.43. The number of alkyl halides is 1. The SMILES string of the molecule is COc1ccc2c(c1)CCN1C[C@H]3CCCN(C(=O)CBr)[C@H]3C[C@@H]21.Cl. The van der Waals surface area contributed by atoms with E-state index < -0.39 is 0 Å². The van der Waals surface area contributed by atoms with Crippen LogP contribution in [-0.4, -0.2) is 53.8 Å². The highest BCUT2D eigenvalue weighted by Crippen LogP contribution is 2.43. The van der Waals surface area contributed by atoms with Gasteiger partial charge in [0, 0.05) is 31.7 Å². The van der Waals surface area contributed by atoms with Crippen molar-refractivity contribution in [3.8, 4) is 5.75 Å². The molecule has 3 atom stereocenters. The Morgan fingerprint density at radius 3 is 2.96 bits per heavy atom. The quantitative estimate of drug-likeness (QED) is 0.675. The maximum atomic E-state index is 12.4. The third-order valence-electron chi connectivity index (χ3n) is 6.11. The number of hydrogen-bond acceptors (Lipinski definition) is 3. The van der Waals surface area contributed by atoms with E-state index in [4.69, 9.17) is 4.74 Å². The van der Waals surface area contributed by atoms with Crippen LogP contribution >= 0.6 is 28.3 Å². The van der Waals surface area contributed by atoms with E-state index in [-0.39, 0.29) is 18.3 Å². The van der Waals surface area contributed by atoms with E-state index in [1.807, 2.05) is 0 Å². The Labute approximate surface area is 164 Å². The fourth-order valence-electron chi connectivity index (χ4n) is 4.95. The minimum Gasteiger partial charge on any atom is -0.497 e. The van der Waals surface area contributed by atoms with Crippen molar-refractivity contribution in [3.63, 3.8) is 0 Å². The number of carbonyl (C=O) groups is 1. The zero-order valence-electron chi connectivity index (χ0n) is 14.6. The zero-order chi connectivity index (χ0) is 16.7. The summed E-state index contributed by atoms with van der Waals surface area (Å²) in [7, 11) is 1.73. The highest BCUT2D eigenvalue weighted by molar-refractivity contribution is 9.09. The molecule has 2 saturated heterocycles. The van der Waals surface area contributed by atoms with Crippen molar-refractivity contribution in [2.45, 2.75) is 37.8 Å². The lowest BCUT2D eigenvalue weighted by Crippen LogP contribution is -2.57. The summed E-state index contributed by atoms with van der Waals surface area (Å²) in [6, 6.07) is 7.37. The molecule has 3 aliphatic rings. The van der Waals surface area contributed by atoms with Gasteiger partial charge in [0.1, 0.15) is 5.75 Å². The van der Waals surface area contributed by atoms with Crippen LogP contribution in [-0.2, 0) is 11.2 Å². The Morgan fingerprint density at radius 1 is 1.36 bits per heavy atom. The number of fused-ring (bicyclic) bond motifs is 4. The largest absolute Gasteiger partial charge is 0.497 e. The summed E-state index contributed by atoms with van der Waals surface area (Å²) >= 11 is 3.36. The van der Waals surface area contributed by atoms with Crippen molar-refractivity contribution >= 4 is 34.2 Å². The van der Waals surface area contributed by atoms with Crippen LogP contribution in [0.15, 0.2) is 18.2 Å². The molecule has 0 bridgehead atoms. The topological polar surface area (TPSA) is 32.8 Å². The molecule has 0 aromatic heterocycles. The monoisotopic (exact) mass is 428 g/mol. The van der Waals surface area contributed by atoms with E-state index in [0.29, 0.717) is 23.3 Å². The third kappa shape index (κ3) is 3.43. The summed E-state index contributed by atoms with van der Waals surface area (Å²) in [6.45, 7) is 3.18. The molecule has 0 saturated carbocycles. The van der Waals surface area contributed by atoms with Gasteiger partial charge < -0.3 is 9.64 Å². The lowest BCUT2D eigenvalue weighted by Gasteiger charge is -2.52. The lowest BCUT2D eigenvalue weighted by molar-refractivity contribution is -0.136. The van der Waals surface area contributed by atoms with Crippen LogP contribution in [0.3, 0.4) is 0 Å². The van der Waals surface area contributed by atoms with E-state index in [9.17, 15) is 4.79 Å². The van der Waals surface area contributed by atoms with Gasteiger partial charge in [-0.2, -0.15) is 0 Å². The Bertz CT molecular complexity index is 642. The molecule has 4 nitrogen and oxygen atoms in total. The number of hydrogen-bond donors (Lipinski definition) is 0. The van der Waals surface area contributed by atoms with Gasteiger partial charge in [-0.15, -0.1) is 12.4 Å². The molecule has 3 aliphatic heterocycles. The van der Waals surface area contributed by atoms with Gasteiger partial charge in [0.05, 0.1) is 12.4 Å². The molecular formula is C19H26BrClN2O2. The first-order valence-electron chi connectivity index (χ1n) is 8.97. The average molecular weight is 430 g/mol. The number of rotatable bonds is 2.